The lowest BCUT2D eigenvalue weighted by Gasteiger charge is -1.94. The molecule has 0 atom stereocenters. The van der Waals surface area contributed by atoms with Crippen LogP contribution < -0.4 is 0 Å². The average Bonchev–Trinajstić information content (AvgIpc) is 2.69. The van der Waals surface area contributed by atoms with Crippen molar-refractivity contribution in [3.05, 3.63) is 69.5 Å². The minimum absolute atomic E-state index is 0.102. The fourth-order valence-electron chi connectivity index (χ4n) is 1.37. The molecule has 0 saturated heterocycles. The number of aryl methyl sites for hydroxylation is 2. The number of benzene rings is 2. The molecule has 0 unspecified atom stereocenters. The van der Waals surface area contributed by atoms with E-state index in [1.807, 2.05) is 60.6 Å². The third-order valence-corrected chi connectivity index (χ3v) is 2.95. The van der Waals surface area contributed by atoms with E-state index >= 15 is 0 Å². The zero-order valence-electron chi connectivity index (χ0n) is 17.1. The van der Waals surface area contributed by atoms with Gasteiger partial charge in [0, 0.05) is 5.02 Å². The molecule has 26 heavy (non-hydrogen) atoms. The van der Waals surface area contributed by atoms with Crippen molar-refractivity contribution in [1.29, 1.82) is 10.5 Å². The predicted octanol–water partition coefficient (Wildman–Crippen LogP) is 7.60. The van der Waals surface area contributed by atoms with Crippen molar-refractivity contribution in [1.82, 2.24) is 0 Å². The van der Waals surface area contributed by atoms with E-state index in [9.17, 15) is 4.39 Å². The van der Waals surface area contributed by atoms with Crippen molar-refractivity contribution in [2.75, 3.05) is 0 Å². The van der Waals surface area contributed by atoms with Gasteiger partial charge in [-0.3, -0.25) is 0 Å². The van der Waals surface area contributed by atoms with Crippen LogP contribution in [0.4, 0.5) is 4.39 Å². The monoisotopic (exact) mass is 376 g/mol. The van der Waals surface area contributed by atoms with E-state index in [0.29, 0.717) is 10.6 Å². The fourth-order valence-corrected chi connectivity index (χ4v) is 1.55. The summed E-state index contributed by atoms with van der Waals surface area (Å²) in [4.78, 5) is 0. The van der Waals surface area contributed by atoms with E-state index < -0.39 is 5.82 Å². The highest BCUT2D eigenvalue weighted by Crippen LogP contribution is 2.15. The van der Waals surface area contributed by atoms with Crippen LogP contribution in [0.2, 0.25) is 5.02 Å². The molecule has 4 heteroatoms. The summed E-state index contributed by atoms with van der Waals surface area (Å²) in [5, 5.41) is 17.4. The Balaban J connectivity index is -0.000000316. The topological polar surface area (TPSA) is 47.6 Å². The molecule has 2 rings (SSSR count). The van der Waals surface area contributed by atoms with E-state index in [-0.39, 0.29) is 5.56 Å². The van der Waals surface area contributed by atoms with Crippen molar-refractivity contribution in [2.45, 2.75) is 55.4 Å². The number of nitrogens with zero attached hydrogens (tertiary/aromatic N) is 2. The molecule has 0 aliphatic carbocycles. The first-order chi connectivity index (χ1) is 12.5. The van der Waals surface area contributed by atoms with Gasteiger partial charge in [-0.15, -0.1) is 0 Å². The van der Waals surface area contributed by atoms with Crippen LogP contribution in [0.5, 0.6) is 0 Å². The zero-order valence-corrected chi connectivity index (χ0v) is 17.9. The Hall–Kier alpha value is -2.36. The molecule has 0 aromatic heterocycles. The highest BCUT2D eigenvalue weighted by atomic mass is 35.5. The van der Waals surface area contributed by atoms with Gasteiger partial charge in [0.2, 0.25) is 0 Å². The first-order valence-corrected chi connectivity index (χ1v) is 9.18. The summed E-state index contributed by atoms with van der Waals surface area (Å²) in [6.45, 7) is 15.7. The number of hydrogen-bond donors (Lipinski definition) is 0. The lowest BCUT2D eigenvalue weighted by Crippen LogP contribution is -1.82. The Morgan fingerprint density at radius 1 is 0.808 bits per heavy atom. The summed E-state index contributed by atoms with van der Waals surface area (Å²) in [6.07, 6.45) is 0. The largest absolute Gasteiger partial charge is 0.206 e. The maximum atomic E-state index is 12.6. The second kappa shape index (κ2) is 19.0. The molecule has 2 aromatic carbocycles. The van der Waals surface area contributed by atoms with Gasteiger partial charge in [-0.25, -0.2) is 4.39 Å². The summed E-state index contributed by atoms with van der Waals surface area (Å²) in [6, 6.07) is 13.5. The normalized spacial score (nSPS) is 7.54. The van der Waals surface area contributed by atoms with Crippen LogP contribution in [-0.4, -0.2) is 0 Å². The third-order valence-electron chi connectivity index (χ3n) is 2.55. The molecular weight excluding hydrogens is 347 g/mol. The van der Waals surface area contributed by atoms with Crippen LogP contribution in [0.3, 0.4) is 0 Å². The molecule has 0 radical (unpaired) electrons. The van der Waals surface area contributed by atoms with Gasteiger partial charge in [-0.1, -0.05) is 65.3 Å². The molecule has 0 aliphatic heterocycles. The molecule has 0 amide bonds. The quantitative estimate of drug-likeness (QED) is 0.475. The molecule has 2 aromatic rings. The van der Waals surface area contributed by atoms with E-state index in [1.54, 1.807) is 31.2 Å². The van der Waals surface area contributed by atoms with E-state index in [2.05, 4.69) is 0 Å². The fraction of sp³-hybridized carbons (Fsp3) is 0.364. The average molecular weight is 377 g/mol. The van der Waals surface area contributed by atoms with Crippen molar-refractivity contribution in [2.24, 2.45) is 0 Å². The predicted molar refractivity (Wildman–Crippen MR) is 111 cm³/mol. The standard InChI is InChI=1S/C8H6ClN.C8H6FN.3C2H6/c1-6-2-3-7(5-10)4-8(6)9;1-6-2-3-7(5-10)8(9)4-6;3*1-2/h2*2-4H,1H3;3*1-2H3. The van der Waals surface area contributed by atoms with Gasteiger partial charge in [0.1, 0.15) is 11.9 Å². The Morgan fingerprint density at radius 2 is 1.35 bits per heavy atom. The first kappa shape index (κ1) is 28.4. The van der Waals surface area contributed by atoms with Crippen LogP contribution in [0.25, 0.3) is 0 Å². The van der Waals surface area contributed by atoms with Gasteiger partial charge in [-0.2, -0.15) is 10.5 Å². The molecule has 2 nitrogen and oxygen atoms in total. The SMILES string of the molecule is CC.CC.CC.Cc1ccc(C#N)c(F)c1.Cc1ccc(C#N)cc1Cl. The summed E-state index contributed by atoms with van der Waals surface area (Å²) in [5.41, 5.74) is 2.54. The van der Waals surface area contributed by atoms with Crippen LogP contribution in [0.15, 0.2) is 36.4 Å². The van der Waals surface area contributed by atoms with E-state index in [1.165, 1.54) is 12.1 Å². The lowest BCUT2D eigenvalue weighted by molar-refractivity contribution is 0.623. The summed E-state index contributed by atoms with van der Waals surface area (Å²) >= 11 is 5.74. The Morgan fingerprint density at radius 3 is 1.73 bits per heavy atom. The van der Waals surface area contributed by atoms with Crippen LogP contribution >= 0.6 is 11.6 Å². The Kier molecular flexibility index (Phi) is 20.8. The van der Waals surface area contributed by atoms with Gasteiger partial charge in [0.15, 0.2) is 0 Å². The van der Waals surface area contributed by atoms with E-state index in [0.717, 1.165) is 11.1 Å². The molecule has 0 spiro atoms. The van der Waals surface area contributed by atoms with Gasteiger partial charge >= 0.3 is 0 Å². The number of hydrogen-bond acceptors (Lipinski definition) is 2. The van der Waals surface area contributed by atoms with Crippen LogP contribution in [-0.2, 0) is 0 Å². The maximum absolute atomic E-state index is 12.6. The summed E-state index contributed by atoms with van der Waals surface area (Å²) < 4.78 is 12.6. The minimum Gasteiger partial charge on any atom is -0.206 e. The second-order valence-electron chi connectivity index (χ2n) is 4.17. The van der Waals surface area contributed by atoms with Crippen LogP contribution in [0, 0.1) is 42.3 Å². The van der Waals surface area contributed by atoms with Gasteiger partial charge in [0.25, 0.3) is 0 Å². The molecule has 0 N–H and O–H groups in total. The highest BCUT2D eigenvalue weighted by molar-refractivity contribution is 6.31. The van der Waals surface area contributed by atoms with E-state index in [4.69, 9.17) is 22.1 Å². The molecule has 0 aliphatic rings. The summed E-state index contributed by atoms with van der Waals surface area (Å²) in [7, 11) is 0. The third kappa shape index (κ3) is 12.1. The van der Waals surface area contributed by atoms with Gasteiger partial charge < -0.3 is 0 Å². The Labute approximate surface area is 163 Å². The molecule has 0 bridgehead atoms. The number of nitriles is 2. The number of rotatable bonds is 0. The maximum Gasteiger partial charge on any atom is 0.141 e. The molecule has 142 valence electrons. The molecule has 0 heterocycles. The summed E-state index contributed by atoms with van der Waals surface area (Å²) in [5.74, 6) is -0.442. The first-order valence-electron chi connectivity index (χ1n) is 8.80. The number of halogens is 2. The second-order valence-corrected chi connectivity index (χ2v) is 4.58. The van der Waals surface area contributed by atoms with Crippen molar-refractivity contribution >= 4 is 11.6 Å². The van der Waals surface area contributed by atoms with Crippen molar-refractivity contribution < 1.29 is 4.39 Å². The van der Waals surface area contributed by atoms with Crippen molar-refractivity contribution in [3.63, 3.8) is 0 Å². The van der Waals surface area contributed by atoms with Gasteiger partial charge in [0.05, 0.1) is 17.2 Å². The molecular formula is C22H30ClFN2. The minimum atomic E-state index is -0.442. The Bertz CT molecular complexity index is 698. The zero-order chi connectivity index (χ0) is 21.1. The molecule has 0 fully saturated rings. The molecule has 0 saturated carbocycles. The lowest BCUT2D eigenvalue weighted by atomic mass is 10.1. The van der Waals surface area contributed by atoms with Gasteiger partial charge in [-0.05, 0) is 49.2 Å². The smallest absolute Gasteiger partial charge is 0.141 e. The van der Waals surface area contributed by atoms with Crippen LogP contribution in [0.1, 0.15) is 63.8 Å². The highest BCUT2D eigenvalue weighted by Gasteiger charge is 1.98. The van der Waals surface area contributed by atoms with Crippen molar-refractivity contribution in [3.8, 4) is 12.1 Å².